The number of carbonyl (C=O) groups is 3. The number of anilines is 1. The zero-order chi connectivity index (χ0) is 19.0. The summed E-state index contributed by atoms with van der Waals surface area (Å²) in [5.41, 5.74) is 0.652. The van der Waals surface area contributed by atoms with Crippen molar-refractivity contribution in [3.63, 3.8) is 0 Å². The van der Waals surface area contributed by atoms with E-state index >= 15 is 0 Å². The summed E-state index contributed by atoms with van der Waals surface area (Å²) < 4.78 is 16.3. The van der Waals surface area contributed by atoms with Crippen molar-refractivity contribution in [2.24, 2.45) is 5.92 Å². The summed E-state index contributed by atoms with van der Waals surface area (Å²) in [5.74, 6) is -0.350. The molecule has 1 aliphatic carbocycles. The molecular weight excluding hydrogens is 352 g/mol. The van der Waals surface area contributed by atoms with Gasteiger partial charge in [0.15, 0.2) is 17.6 Å². The lowest BCUT2D eigenvalue weighted by Gasteiger charge is -2.22. The zero-order valence-corrected chi connectivity index (χ0v) is 15.1. The highest BCUT2D eigenvalue weighted by molar-refractivity contribution is 6.00. The monoisotopic (exact) mass is 374 g/mol. The van der Waals surface area contributed by atoms with Gasteiger partial charge >= 0.3 is 5.97 Å². The number of benzene rings is 1. The van der Waals surface area contributed by atoms with Crippen LogP contribution in [-0.4, -0.2) is 49.7 Å². The fourth-order valence-electron chi connectivity index (χ4n) is 3.19. The van der Waals surface area contributed by atoms with Crippen LogP contribution in [0.5, 0.6) is 11.5 Å². The molecule has 0 radical (unpaired) electrons. The minimum atomic E-state index is -0.864. The molecule has 0 aromatic heterocycles. The van der Waals surface area contributed by atoms with Crippen LogP contribution in [0.4, 0.5) is 5.69 Å². The number of esters is 1. The second kappa shape index (κ2) is 7.09. The van der Waals surface area contributed by atoms with E-state index in [0.717, 1.165) is 12.8 Å². The molecule has 2 aliphatic heterocycles. The van der Waals surface area contributed by atoms with Crippen LogP contribution in [0.3, 0.4) is 0 Å². The summed E-state index contributed by atoms with van der Waals surface area (Å²) in [6, 6.07) is 5.47. The number of amides is 2. The van der Waals surface area contributed by atoms with Gasteiger partial charge in [0.2, 0.25) is 5.91 Å². The van der Waals surface area contributed by atoms with Gasteiger partial charge in [0, 0.05) is 30.8 Å². The molecule has 27 heavy (non-hydrogen) atoms. The van der Waals surface area contributed by atoms with E-state index in [2.05, 4.69) is 5.32 Å². The quantitative estimate of drug-likeness (QED) is 0.774. The lowest BCUT2D eigenvalue weighted by atomic mass is 10.1. The van der Waals surface area contributed by atoms with Crippen LogP contribution in [0.1, 0.15) is 26.2 Å². The van der Waals surface area contributed by atoms with Gasteiger partial charge < -0.3 is 24.4 Å². The van der Waals surface area contributed by atoms with Gasteiger partial charge in [0.25, 0.3) is 5.91 Å². The summed E-state index contributed by atoms with van der Waals surface area (Å²) in [6.45, 7) is 2.72. The lowest BCUT2D eigenvalue weighted by Crippen LogP contribution is -2.38. The molecule has 4 rings (SSSR count). The van der Waals surface area contributed by atoms with E-state index in [-0.39, 0.29) is 30.8 Å². The molecule has 3 aliphatic rings. The predicted molar refractivity (Wildman–Crippen MR) is 94.6 cm³/mol. The number of nitrogens with zero attached hydrogens (tertiary/aromatic N) is 1. The molecule has 0 bridgehead atoms. The van der Waals surface area contributed by atoms with Crippen LogP contribution in [0.15, 0.2) is 18.2 Å². The number of ether oxygens (including phenoxy) is 3. The molecule has 2 atom stereocenters. The predicted octanol–water partition coefficient (Wildman–Crippen LogP) is 1.02. The first-order chi connectivity index (χ1) is 13.0. The van der Waals surface area contributed by atoms with Gasteiger partial charge in [-0.25, -0.2) is 0 Å². The summed E-state index contributed by atoms with van der Waals surface area (Å²) >= 11 is 0. The van der Waals surface area contributed by atoms with Crippen molar-refractivity contribution in [1.82, 2.24) is 5.32 Å². The minimum absolute atomic E-state index is 0.0598. The standard InChI is InChI=1S/C19H22N2O6/c1-11(18(23)20-13-2-3-13)27-19(24)12-8-17(22)21(10-12)14-4-5-15-16(9-14)26-7-6-25-15/h4-5,9,11-13H,2-3,6-8,10H2,1H3,(H,20,23)/t11-,12-/m0/s1. The largest absolute Gasteiger partial charge is 0.486 e. The number of hydrogen-bond donors (Lipinski definition) is 1. The molecule has 1 saturated heterocycles. The molecule has 1 aromatic carbocycles. The highest BCUT2D eigenvalue weighted by Gasteiger charge is 2.38. The highest BCUT2D eigenvalue weighted by atomic mass is 16.6. The highest BCUT2D eigenvalue weighted by Crippen LogP contribution is 2.36. The molecule has 144 valence electrons. The van der Waals surface area contributed by atoms with Gasteiger partial charge in [-0.15, -0.1) is 0 Å². The van der Waals surface area contributed by atoms with Crippen LogP contribution in [0.25, 0.3) is 0 Å². The number of rotatable bonds is 5. The summed E-state index contributed by atoms with van der Waals surface area (Å²) in [7, 11) is 0. The number of fused-ring (bicyclic) bond motifs is 1. The lowest BCUT2D eigenvalue weighted by molar-refractivity contribution is -0.158. The smallest absolute Gasteiger partial charge is 0.312 e. The first-order valence-corrected chi connectivity index (χ1v) is 9.22. The van der Waals surface area contributed by atoms with Crippen molar-refractivity contribution >= 4 is 23.5 Å². The number of hydrogen-bond acceptors (Lipinski definition) is 6. The van der Waals surface area contributed by atoms with Crippen molar-refractivity contribution in [3.8, 4) is 11.5 Å². The Kier molecular flexibility index (Phi) is 4.63. The average molecular weight is 374 g/mol. The molecule has 1 N–H and O–H groups in total. The van der Waals surface area contributed by atoms with E-state index in [1.807, 2.05) is 0 Å². The Labute approximate surface area is 156 Å². The van der Waals surface area contributed by atoms with E-state index in [0.29, 0.717) is 30.4 Å². The van der Waals surface area contributed by atoms with Crippen molar-refractivity contribution in [3.05, 3.63) is 18.2 Å². The number of nitrogens with one attached hydrogen (secondary N) is 1. The second-order valence-electron chi connectivity index (χ2n) is 7.10. The van der Waals surface area contributed by atoms with Crippen molar-refractivity contribution in [1.29, 1.82) is 0 Å². The Balaban J connectivity index is 1.38. The fourth-order valence-corrected chi connectivity index (χ4v) is 3.19. The second-order valence-corrected chi connectivity index (χ2v) is 7.10. The van der Waals surface area contributed by atoms with E-state index in [1.165, 1.54) is 0 Å². The molecule has 8 nitrogen and oxygen atoms in total. The Bertz CT molecular complexity index is 775. The minimum Gasteiger partial charge on any atom is -0.486 e. The van der Waals surface area contributed by atoms with Crippen molar-refractivity contribution in [2.75, 3.05) is 24.7 Å². The van der Waals surface area contributed by atoms with Crippen LogP contribution in [-0.2, 0) is 19.1 Å². The molecular formula is C19H22N2O6. The van der Waals surface area contributed by atoms with Gasteiger partial charge in [-0.2, -0.15) is 0 Å². The van der Waals surface area contributed by atoms with Crippen LogP contribution in [0, 0.1) is 5.92 Å². The van der Waals surface area contributed by atoms with E-state index < -0.39 is 18.0 Å². The van der Waals surface area contributed by atoms with Crippen molar-refractivity contribution < 1.29 is 28.6 Å². The third-order valence-corrected chi connectivity index (χ3v) is 4.88. The maximum absolute atomic E-state index is 12.4. The summed E-state index contributed by atoms with van der Waals surface area (Å²) in [5, 5.41) is 2.80. The summed E-state index contributed by atoms with van der Waals surface area (Å²) in [4.78, 5) is 38.3. The van der Waals surface area contributed by atoms with Gasteiger partial charge in [0.1, 0.15) is 13.2 Å². The van der Waals surface area contributed by atoms with E-state index in [4.69, 9.17) is 14.2 Å². The molecule has 2 heterocycles. The van der Waals surface area contributed by atoms with E-state index in [9.17, 15) is 14.4 Å². The first kappa shape index (κ1) is 17.6. The maximum Gasteiger partial charge on any atom is 0.312 e. The van der Waals surface area contributed by atoms with E-state index in [1.54, 1.807) is 30.0 Å². The SMILES string of the molecule is C[C@H](OC(=O)[C@H]1CC(=O)N(c2ccc3c(c2)OCCO3)C1)C(=O)NC1CC1. The normalized spacial score (nSPS) is 22.3. The first-order valence-electron chi connectivity index (χ1n) is 9.22. The van der Waals surface area contributed by atoms with Gasteiger partial charge in [0.05, 0.1) is 5.92 Å². The van der Waals surface area contributed by atoms with Gasteiger partial charge in [-0.1, -0.05) is 0 Å². The third-order valence-electron chi connectivity index (χ3n) is 4.88. The van der Waals surface area contributed by atoms with Gasteiger partial charge in [-0.3, -0.25) is 14.4 Å². The van der Waals surface area contributed by atoms with Crippen LogP contribution < -0.4 is 19.7 Å². The van der Waals surface area contributed by atoms with Gasteiger partial charge in [-0.05, 0) is 31.9 Å². The molecule has 1 aromatic rings. The fraction of sp³-hybridized carbons (Fsp3) is 0.526. The molecule has 1 saturated carbocycles. The molecule has 8 heteroatoms. The maximum atomic E-state index is 12.4. The van der Waals surface area contributed by atoms with Crippen LogP contribution in [0.2, 0.25) is 0 Å². The Hall–Kier alpha value is -2.77. The average Bonchev–Trinajstić information content (AvgIpc) is 3.39. The molecule has 0 unspecified atom stereocenters. The summed E-state index contributed by atoms with van der Waals surface area (Å²) in [6.07, 6.45) is 1.13. The van der Waals surface area contributed by atoms with Crippen LogP contribution >= 0.6 is 0 Å². The Morgan fingerprint density at radius 2 is 1.96 bits per heavy atom. The molecule has 2 amide bonds. The topological polar surface area (TPSA) is 94.2 Å². The molecule has 2 fully saturated rings. The zero-order valence-electron chi connectivity index (χ0n) is 15.1. The van der Waals surface area contributed by atoms with Crippen molar-refractivity contribution in [2.45, 2.75) is 38.3 Å². The number of carbonyl (C=O) groups excluding carboxylic acids is 3. The Morgan fingerprint density at radius 1 is 1.22 bits per heavy atom. The Morgan fingerprint density at radius 3 is 2.70 bits per heavy atom. The molecule has 0 spiro atoms. The third kappa shape index (κ3) is 3.84.